The van der Waals surface area contributed by atoms with Crippen LogP contribution >= 0.6 is 0 Å². The van der Waals surface area contributed by atoms with Gasteiger partial charge in [0.25, 0.3) is 5.91 Å². The minimum atomic E-state index is -0.284. The highest BCUT2D eigenvalue weighted by molar-refractivity contribution is 5.91. The van der Waals surface area contributed by atoms with Gasteiger partial charge in [0.1, 0.15) is 0 Å². The molecule has 2 heterocycles. The van der Waals surface area contributed by atoms with E-state index in [4.69, 9.17) is 4.42 Å². The van der Waals surface area contributed by atoms with Gasteiger partial charge in [0.05, 0.1) is 6.26 Å². The summed E-state index contributed by atoms with van der Waals surface area (Å²) in [5.41, 5.74) is 2.58. The Hall–Kier alpha value is -2.60. The van der Waals surface area contributed by atoms with Crippen LogP contribution in [0.3, 0.4) is 0 Å². The van der Waals surface area contributed by atoms with Crippen molar-refractivity contribution in [2.24, 2.45) is 0 Å². The highest BCUT2D eigenvalue weighted by Crippen LogP contribution is 2.11. The van der Waals surface area contributed by atoms with E-state index in [0.717, 1.165) is 39.1 Å². The lowest BCUT2D eigenvalue weighted by Crippen LogP contribution is -2.37. The molecule has 2 amide bonds. The first-order valence-electron chi connectivity index (χ1n) is 9.49. The Labute approximate surface area is 160 Å². The number of aryl methyl sites for hydroxylation is 1. The SMILES string of the molecule is Cc1ccc(CN2CCCN(C(=O)CCNC(=O)c3ccco3)CC2)cc1. The summed E-state index contributed by atoms with van der Waals surface area (Å²) in [6.45, 7) is 6.71. The second-order valence-corrected chi connectivity index (χ2v) is 6.98. The molecule has 1 aliphatic rings. The first-order chi connectivity index (χ1) is 13.1. The minimum absolute atomic E-state index is 0.0898. The molecule has 1 aromatic heterocycles. The zero-order chi connectivity index (χ0) is 19.1. The van der Waals surface area contributed by atoms with Crippen molar-refractivity contribution < 1.29 is 14.0 Å². The lowest BCUT2D eigenvalue weighted by Gasteiger charge is -2.22. The van der Waals surface area contributed by atoms with Crippen molar-refractivity contribution in [2.75, 3.05) is 32.7 Å². The van der Waals surface area contributed by atoms with Crippen LogP contribution in [-0.2, 0) is 11.3 Å². The number of amides is 2. The number of carbonyl (C=O) groups excluding carboxylic acids is 2. The normalized spacial score (nSPS) is 15.4. The monoisotopic (exact) mass is 369 g/mol. The van der Waals surface area contributed by atoms with Gasteiger partial charge in [-0.15, -0.1) is 0 Å². The predicted octanol–water partition coefficient (Wildman–Crippen LogP) is 2.44. The number of furan rings is 1. The van der Waals surface area contributed by atoms with E-state index in [9.17, 15) is 9.59 Å². The van der Waals surface area contributed by atoms with E-state index >= 15 is 0 Å². The second-order valence-electron chi connectivity index (χ2n) is 6.98. The fraction of sp³-hybridized carbons (Fsp3) is 0.429. The van der Waals surface area contributed by atoms with E-state index in [-0.39, 0.29) is 17.6 Å². The molecule has 0 atom stereocenters. The van der Waals surface area contributed by atoms with Crippen LogP contribution < -0.4 is 5.32 Å². The van der Waals surface area contributed by atoms with Gasteiger partial charge in [0, 0.05) is 45.7 Å². The van der Waals surface area contributed by atoms with Crippen molar-refractivity contribution >= 4 is 11.8 Å². The van der Waals surface area contributed by atoms with Crippen molar-refractivity contribution in [3.8, 4) is 0 Å². The Morgan fingerprint density at radius 3 is 2.63 bits per heavy atom. The zero-order valence-electron chi connectivity index (χ0n) is 15.8. The number of carbonyl (C=O) groups is 2. The van der Waals surface area contributed by atoms with E-state index < -0.39 is 0 Å². The second kappa shape index (κ2) is 9.37. The summed E-state index contributed by atoms with van der Waals surface area (Å²) in [6, 6.07) is 11.9. The summed E-state index contributed by atoms with van der Waals surface area (Å²) in [4.78, 5) is 28.6. The van der Waals surface area contributed by atoms with Gasteiger partial charge in [-0.2, -0.15) is 0 Å². The van der Waals surface area contributed by atoms with Gasteiger partial charge in [0.15, 0.2) is 5.76 Å². The third kappa shape index (κ3) is 5.69. The van der Waals surface area contributed by atoms with Crippen LogP contribution in [0.5, 0.6) is 0 Å². The molecule has 0 radical (unpaired) electrons. The smallest absolute Gasteiger partial charge is 0.286 e. The largest absolute Gasteiger partial charge is 0.459 e. The number of hydrogen-bond donors (Lipinski definition) is 1. The molecule has 27 heavy (non-hydrogen) atoms. The maximum Gasteiger partial charge on any atom is 0.286 e. The lowest BCUT2D eigenvalue weighted by molar-refractivity contribution is -0.130. The summed E-state index contributed by atoms with van der Waals surface area (Å²) in [6.07, 6.45) is 2.74. The van der Waals surface area contributed by atoms with E-state index in [2.05, 4.69) is 41.4 Å². The Kier molecular flexibility index (Phi) is 6.65. The van der Waals surface area contributed by atoms with Crippen molar-refractivity contribution in [1.82, 2.24) is 15.1 Å². The van der Waals surface area contributed by atoms with E-state index in [1.165, 1.54) is 17.4 Å². The molecule has 3 rings (SSSR count). The minimum Gasteiger partial charge on any atom is -0.459 e. The van der Waals surface area contributed by atoms with E-state index in [1.54, 1.807) is 12.1 Å². The van der Waals surface area contributed by atoms with Crippen LogP contribution in [0.25, 0.3) is 0 Å². The van der Waals surface area contributed by atoms with Gasteiger partial charge in [0.2, 0.25) is 5.91 Å². The standard InChI is InChI=1S/C21H27N3O3/c1-17-5-7-18(8-6-17)16-23-11-3-12-24(14-13-23)20(25)9-10-22-21(26)19-4-2-15-27-19/h2,4-8,15H,3,9-14,16H2,1H3,(H,22,26). The molecule has 1 fully saturated rings. The topological polar surface area (TPSA) is 65.8 Å². The number of nitrogens with zero attached hydrogens (tertiary/aromatic N) is 2. The zero-order valence-corrected chi connectivity index (χ0v) is 15.8. The molecule has 0 aliphatic carbocycles. The van der Waals surface area contributed by atoms with Crippen molar-refractivity contribution in [3.05, 3.63) is 59.5 Å². The predicted molar refractivity (Wildman–Crippen MR) is 103 cm³/mol. The van der Waals surface area contributed by atoms with Crippen LogP contribution in [0.4, 0.5) is 0 Å². The summed E-state index contributed by atoms with van der Waals surface area (Å²) in [7, 11) is 0. The summed E-state index contributed by atoms with van der Waals surface area (Å²) >= 11 is 0. The number of hydrogen-bond acceptors (Lipinski definition) is 4. The molecule has 1 aliphatic heterocycles. The molecule has 6 heteroatoms. The van der Waals surface area contributed by atoms with E-state index in [1.807, 2.05) is 4.90 Å². The summed E-state index contributed by atoms with van der Waals surface area (Å²) in [5, 5.41) is 2.73. The number of nitrogens with one attached hydrogen (secondary N) is 1. The van der Waals surface area contributed by atoms with Crippen LogP contribution in [0.15, 0.2) is 47.1 Å². The molecule has 144 valence electrons. The van der Waals surface area contributed by atoms with Crippen LogP contribution in [-0.4, -0.2) is 54.3 Å². The molecule has 0 saturated carbocycles. The van der Waals surface area contributed by atoms with Gasteiger partial charge < -0.3 is 14.6 Å². The Morgan fingerprint density at radius 1 is 1.07 bits per heavy atom. The molecular weight excluding hydrogens is 342 g/mol. The molecule has 2 aromatic rings. The fourth-order valence-electron chi connectivity index (χ4n) is 3.27. The maximum atomic E-state index is 12.5. The van der Waals surface area contributed by atoms with E-state index in [0.29, 0.717) is 13.0 Å². The quantitative estimate of drug-likeness (QED) is 0.849. The van der Waals surface area contributed by atoms with Crippen molar-refractivity contribution in [2.45, 2.75) is 26.3 Å². The maximum absolute atomic E-state index is 12.5. The summed E-state index contributed by atoms with van der Waals surface area (Å²) in [5.74, 6) is 0.0730. The number of benzene rings is 1. The van der Waals surface area contributed by atoms with Gasteiger partial charge in [-0.25, -0.2) is 0 Å². The summed E-state index contributed by atoms with van der Waals surface area (Å²) < 4.78 is 5.04. The number of rotatable bonds is 6. The highest BCUT2D eigenvalue weighted by Gasteiger charge is 2.19. The highest BCUT2D eigenvalue weighted by atomic mass is 16.3. The van der Waals surface area contributed by atoms with Crippen LogP contribution in [0.1, 0.15) is 34.5 Å². The average molecular weight is 369 g/mol. The molecule has 1 N–H and O–H groups in total. The molecule has 0 bridgehead atoms. The average Bonchev–Trinajstić information content (AvgIpc) is 3.11. The molecule has 6 nitrogen and oxygen atoms in total. The third-order valence-corrected chi connectivity index (χ3v) is 4.84. The molecule has 1 saturated heterocycles. The molecule has 0 unspecified atom stereocenters. The Bertz CT molecular complexity index is 741. The fourth-order valence-corrected chi connectivity index (χ4v) is 3.27. The van der Waals surface area contributed by atoms with Gasteiger partial charge in [-0.1, -0.05) is 29.8 Å². The first-order valence-corrected chi connectivity index (χ1v) is 9.49. The van der Waals surface area contributed by atoms with Crippen molar-refractivity contribution in [3.63, 3.8) is 0 Å². The Balaban J connectivity index is 1.41. The first kappa shape index (κ1) is 19.2. The molecular formula is C21H27N3O3. The van der Waals surface area contributed by atoms with Crippen LogP contribution in [0.2, 0.25) is 0 Å². The van der Waals surface area contributed by atoms with Crippen molar-refractivity contribution in [1.29, 1.82) is 0 Å². The van der Waals surface area contributed by atoms with Gasteiger partial charge >= 0.3 is 0 Å². The van der Waals surface area contributed by atoms with Crippen LogP contribution in [0, 0.1) is 6.92 Å². The third-order valence-electron chi connectivity index (χ3n) is 4.84. The van der Waals surface area contributed by atoms with Gasteiger partial charge in [-0.3, -0.25) is 14.5 Å². The molecule has 0 spiro atoms. The molecule has 1 aromatic carbocycles. The Morgan fingerprint density at radius 2 is 1.89 bits per heavy atom. The lowest BCUT2D eigenvalue weighted by atomic mass is 10.1. The van der Waals surface area contributed by atoms with Gasteiger partial charge in [-0.05, 0) is 31.0 Å².